The van der Waals surface area contributed by atoms with Crippen LogP contribution >= 0.6 is 11.6 Å². The molecule has 0 radical (unpaired) electrons. The summed E-state index contributed by atoms with van der Waals surface area (Å²) in [4.78, 5) is 0. The van der Waals surface area contributed by atoms with Gasteiger partial charge in [0.2, 0.25) is 0 Å². The third-order valence-corrected chi connectivity index (χ3v) is 8.24. The summed E-state index contributed by atoms with van der Waals surface area (Å²) in [5.41, 5.74) is 4.94. The molecule has 0 saturated carbocycles. The molecule has 0 fully saturated rings. The zero-order valence-electron chi connectivity index (χ0n) is 22.2. The van der Waals surface area contributed by atoms with Crippen molar-refractivity contribution in [3.05, 3.63) is 180 Å². The van der Waals surface area contributed by atoms with Crippen molar-refractivity contribution in [1.82, 2.24) is 0 Å². The van der Waals surface area contributed by atoms with Gasteiger partial charge in [-0.05, 0) is 0 Å². The van der Waals surface area contributed by atoms with Crippen LogP contribution in [0.3, 0.4) is 0 Å². The Morgan fingerprint density at radius 3 is 1.46 bits per heavy atom. The second kappa shape index (κ2) is 16.4. The maximum atomic E-state index is 6.02. The molecule has 4 heteroatoms. The summed E-state index contributed by atoms with van der Waals surface area (Å²) in [6, 6.07) is 56.4. The number of halogens is 3. The smallest absolute Gasteiger partial charge is 0.0771 e. The van der Waals surface area contributed by atoms with Crippen LogP contribution in [-0.2, 0) is 24.2 Å². The molecule has 0 atom stereocenters. The van der Waals surface area contributed by atoms with E-state index in [-0.39, 0.29) is 24.8 Å². The van der Waals surface area contributed by atoms with E-state index in [0.717, 1.165) is 10.6 Å². The van der Waals surface area contributed by atoms with Crippen molar-refractivity contribution in [3.63, 3.8) is 0 Å². The molecule has 7 aromatic carbocycles. The molecule has 0 amide bonds. The van der Waals surface area contributed by atoms with Gasteiger partial charge in [0.15, 0.2) is 0 Å². The van der Waals surface area contributed by atoms with Crippen LogP contribution in [0.15, 0.2) is 164 Å². The fourth-order valence-corrected chi connectivity index (χ4v) is 5.59. The molecule has 41 heavy (non-hydrogen) atoms. The van der Waals surface area contributed by atoms with E-state index in [4.69, 9.17) is 11.6 Å². The van der Waals surface area contributed by atoms with Crippen LogP contribution in [0.25, 0.3) is 32.7 Å². The van der Waals surface area contributed by atoms with E-state index in [0.29, 0.717) is 0 Å². The second-order valence-corrected chi connectivity index (χ2v) is 10.7. The van der Waals surface area contributed by atoms with Crippen LogP contribution in [-0.4, -0.2) is 3.21 Å². The molecule has 7 rings (SSSR count). The van der Waals surface area contributed by atoms with Gasteiger partial charge in [-0.2, -0.15) is 18.2 Å². The molecule has 0 aliphatic heterocycles. The molecule has 0 nitrogen and oxygen atoms in total. The van der Waals surface area contributed by atoms with Gasteiger partial charge in [0, 0.05) is 5.02 Å². The molecule has 202 valence electrons. The first kappa shape index (κ1) is 32.5. The summed E-state index contributed by atoms with van der Waals surface area (Å²) < 4.78 is 1.42. The Morgan fingerprint density at radius 1 is 0.512 bits per heavy atom. The van der Waals surface area contributed by atoms with Crippen molar-refractivity contribution in [1.29, 1.82) is 0 Å². The SMILES string of the molecule is Clc1ccccc1-c1ccc[cH-]1.[Cl-].[Cl-].[Zr+2]=[C](c1ccccc1)c1ccccc1.c1ccc2c(c1)[cH-]c1ccccc12. The quantitative estimate of drug-likeness (QED) is 0.247. The molecule has 0 bridgehead atoms. The Hall–Kier alpha value is -3.06. The number of rotatable bonds is 3. The second-order valence-electron chi connectivity index (χ2n) is 9.08. The molecule has 0 spiro atoms. The molecule has 7 aromatic rings. The minimum atomic E-state index is 0. The maximum absolute atomic E-state index is 6.02. The van der Waals surface area contributed by atoms with Gasteiger partial charge in [0.25, 0.3) is 0 Å². The molecule has 0 aliphatic carbocycles. The van der Waals surface area contributed by atoms with E-state index >= 15 is 0 Å². The molecule has 0 aromatic heterocycles. The molecular formula is C37H27Cl3Zr-2. The van der Waals surface area contributed by atoms with Gasteiger partial charge >= 0.3 is 99.2 Å². The van der Waals surface area contributed by atoms with Crippen molar-refractivity contribution in [3.8, 4) is 11.1 Å². The Balaban J connectivity index is 0.000000166. The van der Waals surface area contributed by atoms with Crippen LogP contribution < -0.4 is 24.8 Å². The van der Waals surface area contributed by atoms with Gasteiger partial charge in [-0.3, -0.25) is 0 Å². The van der Waals surface area contributed by atoms with Crippen molar-refractivity contribution in [2.24, 2.45) is 0 Å². The number of hydrogen-bond acceptors (Lipinski definition) is 0. The summed E-state index contributed by atoms with van der Waals surface area (Å²) in [5, 5.41) is 6.20. The van der Waals surface area contributed by atoms with E-state index in [2.05, 4.69) is 127 Å². The molecule has 0 heterocycles. The summed E-state index contributed by atoms with van der Waals surface area (Å²) in [7, 11) is 0. The minimum absolute atomic E-state index is 0. The largest absolute Gasteiger partial charge is 0.126 e. The molecule has 0 aliphatic rings. The summed E-state index contributed by atoms with van der Waals surface area (Å²) in [6.45, 7) is 0. The van der Waals surface area contributed by atoms with Crippen molar-refractivity contribution in [2.75, 3.05) is 0 Å². The van der Waals surface area contributed by atoms with Crippen LogP contribution in [0, 0.1) is 0 Å². The van der Waals surface area contributed by atoms with Gasteiger partial charge in [-0.1, -0.05) is 77.8 Å². The summed E-state index contributed by atoms with van der Waals surface area (Å²) in [6.07, 6.45) is 0. The molecule has 0 N–H and O–H groups in total. The van der Waals surface area contributed by atoms with Crippen molar-refractivity contribution < 1.29 is 49.0 Å². The zero-order chi connectivity index (χ0) is 26.9. The molecule has 0 saturated heterocycles. The Morgan fingerprint density at radius 2 is 0.976 bits per heavy atom. The van der Waals surface area contributed by atoms with Crippen molar-refractivity contribution in [2.45, 2.75) is 0 Å². The average Bonchev–Trinajstić information content (AvgIpc) is 3.67. The molecular weight excluding hydrogens is 642 g/mol. The van der Waals surface area contributed by atoms with Crippen LogP contribution in [0.1, 0.15) is 11.1 Å². The number of hydrogen-bond donors (Lipinski definition) is 0. The minimum Gasteiger partial charge on any atom is -0.126 e. The normalized spacial score (nSPS) is 9.83. The van der Waals surface area contributed by atoms with Crippen molar-refractivity contribution >= 4 is 36.4 Å². The van der Waals surface area contributed by atoms with Gasteiger partial charge in [0.1, 0.15) is 0 Å². The Kier molecular flexibility index (Phi) is 13.0. The standard InChI is InChI=1S/C13H9.C13H10.C11H8Cl.2ClH.Zr/c1-3-7-12-10(5-1)9-11-6-2-4-8-13(11)12;1-3-7-12(8-4-1)11-13-9-5-2-6-10-13;12-11-8-4-3-7-10(11)9-5-1-2-6-9;;;/h1-9H;1-10H;1-8H;2*1H;/q-1;;-1;;;+2/p-2. The van der Waals surface area contributed by atoms with Crippen LogP contribution in [0.4, 0.5) is 0 Å². The fourth-order valence-electron chi connectivity index (χ4n) is 4.53. The van der Waals surface area contributed by atoms with E-state index in [9.17, 15) is 0 Å². The van der Waals surface area contributed by atoms with Gasteiger partial charge in [-0.15, -0.1) is 51.4 Å². The maximum Gasteiger partial charge on any atom is -0.0771 e. The van der Waals surface area contributed by atoms with E-state index in [1.807, 2.05) is 36.4 Å². The van der Waals surface area contributed by atoms with E-state index in [1.165, 1.54) is 65.7 Å². The summed E-state index contributed by atoms with van der Waals surface area (Å²) in [5.74, 6) is 0. The van der Waals surface area contributed by atoms with Crippen LogP contribution in [0.2, 0.25) is 5.02 Å². The van der Waals surface area contributed by atoms with Gasteiger partial charge in [0.05, 0.1) is 0 Å². The average molecular weight is 669 g/mol. The summed E-state index contributed by atoms with van der Waals surface area (Å²) >= 11 is 7.48. The first-order valence-corrected chi connectivity index (χ1v) is 14.5. The predicted molar refractivity (Wildman–Crippen MR) is 166 cm³/mol. The third-order valence-electron chi connectivity index (χ3n) is 6.50. The Bertz CT molecular complexity index is 1680. The van der Waals surface area contributed by atoms with E-state index < -0.39 is 0 Å². The number of fused-ring (bicyclic) bond motifs is 3. The fraction of sp³-hybridized carbons (Fsp3) is 0. The van der Waals surface area contributed by atoms with Crippen LogP contribution in [0.5, 0.6) is 0 Å². The Labute approximate surface area is 274 Å². The topological polar surface area (TPSA) is 0 Å². The molecule has 0 unspecified atom stereocenters. The zero-order valence-corrected chi connectivity index (χ0v) is 26.9. The van der Waals surface area contributed by atoms with Gasteiger partial charge < -0.3 is 24.8 Å². The number of benzene rings is 5. The first-order chi connectivity index (χ1) is 19.2. The first-order valence-electron chi connectivity index (χ1n) is 12.9. The van der Waals surface area contributed by atoms with E-state index in [1.54, 1.807) is 0 Å². The predicted octanol–water partition coefficient (Wildman–Crippen LogP) is 4.25. The monoisotopic (exact) mass is 666 g/mol. The third kappa shape index (κ3) is 8.48. The van der Waals surface area contributed by atoms with Gasteiger partial charge in [-0.25, -0.2) is 0 Å².